The summed E-state index contributed by atoms with van der Waals surface area (Å²) >= 11 is 0. The highest BCUT2D eigenvalue weighted by Gasteiger charge is 2.37. The first-order valence-corrected chi connectivity index (χ1v) is 8.59. The van der Waals surface area contributed by atoms with Crippen LogP contribution in [0.2, 0.25) is 0 Å². The van der Waals surface area contributed by atoms with Gasteiger partial charge in [-0.1, -0.05) is 18.6 Å². The van der Waals surface area contributed by atoms with E-state index in [0.717, 1.165) is 24.8 Å². The lowest BCUT2D eigenvalue weighted by atomic mass is 9.94. The molecule has 1 aromatic carbocycles. The van der Waals surface area contributed by atoms with Crippen LogP contribution >= 0.6 is 0 Å². The van der Waals surface area contributed by atoms with Gasteiger partial charge in [0.2, 0.25) is 11.8 Å². The van der Waals surface area contributed by atoms with Crippen LogP contribution in [0.3, 0.4) is 0 Å². The Balaban J connectivity index is 1.59. The monoisotopic (exact) mass is 333 g/mol. The second-order valence-corrected chi connectivity index (χ2v) is 6.74. The minimum Gasteiger partial charge on any atom is -0.335 e. The number of amides is 2. The van der Waals surface area contributed by atoms with E-state index in [0.29, 0.717) is 26.2 Å². The van der Waals surface area contributed by atoms with E-state index < -0.39 is 0 Å². The maximum Gasteiger partial charge on any atom is 0.242 e. The number of rotatable bonds is 4. The molecule has 2 N–H and O–H groups in total. The van der Waals surface area contributed by atoms with Crippen molar-refractivity contribution in [3.63, 3.8) is 0 Å². The van der Waals surface area contributed by atoms with Crippen molar-refractivity contribution in [2.75, 3.05) is 26.2 Å². The number of hydrogen-bond acceptors (Lipinski definition) is 3. The minimum atomic E-state index is -0.303. The van der Waals surface area contributed by atoms with Crippen LogP contribution in [-0.2, 0) is 16.1 Å². The van der Waals surface area contributed by atoms with Gasteiger partial charge in [-0.15, -0.1) is 0 Å². The van der Waals surface area contributed by atoms with Crippen LogP contribution in [0.25, 0.3) is 0 Å². The number of carbonyl (C=O) groups is 2. The Bertz CT molecular complexity index is 622. The summed E-state index contributed by atoms with van der Waals surface area (Å²) in [5.74, 6) is -0.0961. The zero-order valence-corrected chi connectivity index (χ0v) is 13.8. The summed E-state index contributed by atoms with van der Waals surface area (Å²) in [7, 11) is 0. The first kappa shape index (κ1) is 16.9. The Morgan fingerprint density at radius 2 is 2.12 bits per heavy atom. The maximum absolute atomic E-state index is 13.3. The van der Waals surface area contributed by atoms with Gasteiger partial charge in [-0.25, -0.2) is 4.39 Å². The number of halogens is 1. The quantitative estimate of drug-likeness (QED) is 0.905. The molecule has 1 aliphatic carbocycles. The van der Waals surface area contributed by atoms with Crippen LogP contribution in [0.1, 0.15) is 24.8 Å². The van der Waals surface area contributed by atoms with Crippen LogP contribution in [-0.4, -0.2) is 47.8 Å². The number of benzene rings is 1. The molecule has 3 rings (SSSR count). The molecule has 1 heterocycles. The molecule has 0 unspecified atom stereocenters. The fraction of sp³-hybridized carbons (Fsp3) is 0.556. The number of nitrogens with zero attached hydrogens (tertiary/aromatic N) is 2. The zero-order chi connectivity index (χ0) is 17.1. The zero-order valence-electron chi connectivity index (χ0n) is 13.8. The molecule has 5 nitrogen and oxygen atoms in total. The first-order valence-electron chi connectivity index (χ1n) is 8.59. The third-order valence-electron chi connectivity index (χ3n) is 5.17. The first-order chi connectivity index (χ1) is 11.6. The van der Waals surface area contributed by atoms with Crippen LogP contribution in [0.15, 0.2) is 24.3 Å². The number of nitrogens with two attached hydrogens (primary N) is 1. The number of hydrogen-bond donors (Lipinski definition) is 1. The van der Waals surface area contributed by atoms with Crippen LogP contribution < -0.4 is 5.73 Å². The number of piperazine rings is 1. The highest BCUT2D eigenvalue weighted by Crippen LogP contribution is 2.32. The minimum absolute atomic E-state index is 0.0300. The van der Waals surface area contributed by atoms with E-state index in [1.165, 1.54) is 12.1 Å². The summed E-state index contributed by atoms with van der Waals surface area (Å²) in [5, 5.41) is 0. The van der Waals surface area contributed by atoms with Crippen molar-refractivity contribution in [3.05, 3.63) is 35.6 Å². The van der Waals surface area contributed by atoms with Crippen molar-refractivity contribution in [2.45, 2.75) is 25.8 Å². The van der Waals surface area contributed by atoms with Crippen molar-refractivity contribution in [1.82, 2.24) is 9.80 Å². The standard InChI is InChI=1S/C18H24FN3O2/c19-15-5-1-3-13(9-15)11-21-7-8-22(12-17(21)23)18(24)16-6-2-4-14(16)10-20/h1,3,5,9,14,16H,2,4,6-8,10-12,20H2/t14-,16-/m1/s1. The highest BCUT2D eigenvalue weighted by atomic mass is 19.1. The van der Waals surface area contributed by atoms with Gasteiger partial charge in [-0.2, -0.15) is 0 Å². The average molecular weight is 333 g/mol. The Hall–Kier alpha value is -1.95. The predicted molar refractivity (Wildman–Crippen MR) is 88.3 cm³/mol. The van der Waals surface area contributed by atoms with Gasteiger partial charge in [-0.3, -0.25) is 9.59 Å². The Labute approximate surface area is 141 Å². The molecule has 1 aliphatic heterocycles. The predicted octanol–water partition coefficient (Wildman–Crippen LogP) is 1.37. The Morgan fingerprint density at radius 1 is 1.29 bits per heavy atom. The summed E-state index contributed by atoms with van der Waals surface area (Å²) in [5.41, 5.74) is 6.53. The van der Waals surface area contributed by atoms with E-state index in [4.69, 9.17) is 5.73 Å². The highest BCUT2D eigenvalue weighted by molar-refractivity contribution is 5.87. The Kier molecular flexibility index (Phi) is 5.14. The van der Waals surface area contributed by atoms with E-state index in [1.807, 2.05) is 0 Å². The van der Waals surface area contributed by atoms with Crippen molar-refractivity contribution in [1.29, 1.82) is 0 Å². The summed E-state index contributed by atoms with van der Waals surface area (Å²) in [4.78, 5) is 28.4. The smallest absolute Gasteiger partial charge is 0.242 e. The molecule has 0 spiro atoms. The van der Waals surface area contributed by atoms with Crippen molar-refractivity contribution >= 4 is 11.8 Å². The fourth-order valence-electron chi connectivity index (χ4n) is 3.80. The summed E-state index contributed by atoms with van der Waals surface area (Å²) in [6, 6.07) is 6.27. The molecule has 1 saturated heterocycles. The third kappa shape index (κ3) is 3.59. The molecule has 130 valence electrons. The van der Waals surface area contributed by atoms with Crippen molar-refractivity contribution in [3.8, 4) is 0 Å². The molecular formula is C18H24FN3O2. The van der Waals surface area contributed by atoms with Gasteiger partial charge in [0.1, 0.15) is 5.82 Å². The van der Waals surface area contributed by atoms with Gasteiger partial charge < -0.3 is 15.5 Å². The molecule has 6 heteroatoms. The molecule has 2 amide bonds. The molecule has 2 aliphatic rings. The van der Waals surface area contributed by atoms with Gasteiger partial charge in [-0.05, 0) is 43.0 Å². The lowest BCUT2D eigenvalue weighted by Gasteiger charge is -2.36. The average Bonchev–Trinajstić information content (AvgIpc) is 3.04. The van der Waals surface area contributed by atoms with E-state index in [1.54, 1.807) is 21.9 Å². The van der Waals surface area contributed by atoms with E-state index >= 15 is 0 Å². The van der Waals surface area contributed by atoms with Crippen molar-refractivity contribution in [2.24, 2.45) is 17.6 Å². The molecule has 1 aromatic rings. The van der Waals surface area contributed by atoms with Crippen molar-refractivity contribution < 1.29 is 14.0 Å². The SMILES string of the molecule is NC[C@H]1CCC[C@H]1C(=O)N1CCN(Cc2cccc(F)c2)C(=O)C1. The molecule has 24 heavy (non-hydrogen) atoms. The van der Waals surface area contributed by atoms with Gasteiger partial charge in [0.15, 0.2) is 0 Å². The molecule has 1 saturated carbocycles. The topological polar surface area (TPSA) is 66.6 Å². The van der Waals surface area contributed by atoms with E-state index in [2.05, 4.69) is 0 Å². The third-order valence-corrected chi connectivity index (χ3v) is 5.17. The number of carbonyl (C=O) groups excluding carboxylic acids is 2. The second-order valence-electron chi connectivity index (χ2n) is 6.74. The molecule has 0 bridgehead atoms. The summed E-state index contributed by atoms with van der Waals surface area (Å²) < 4.78 is 13.3. The fourth-order valence-corrected chi connectivity index (χ4v) is 3.80. The molecule has 2 atom stereocenters. The van der Waals surface area contributed by atoms with Gasteiger partial charge in [0.05, 0.1) is 6.54 Å². The van der Waals surface area contributed by atoms with Gasteiger partial charge in [0.25, 0.3) is 0 Å². The second kappa shape index (κ2) is 7.30. The normalized spacial score (nSPS) is 24.5. The lowest BCUT2D eigenvalue weighted by Crippen LogP contribution is -2.53. The van der Waals surface area contributed by atoms with E-state index in [-0.39, 0.29) is 36.0 Å². The largest absolute Gasteiger partial charge is 0.335 e. The molecular weight excluding hydrogens is 309 g/mol. The van der Waals surface area contributed by atoms with E-state index in [9.17, 15) is 14.0 Å². The van der Waals surface area contributed by atoms with Crippen LogP contribution in [0, 0.1) is 17.7 Å². The van der Waals surface area contributed by atoms with Crippen LogP contribution in [0.5, 0.6) is 0 Å². The molecule has 0 radical (unpaired) electrons. The maximum atomic E-state index is 13.3. The van der Waals surface area contributed by atoms with Crippen LogP contribution in [0.4, 0.5) is 4.39 Å². The summed E-state index contributed by atoms with van der Waals surface area (Å²) in [6.07, 6.45) is 2.91. The van der Waals surface area contributed by atoms with Gasteiger partial charge >= 0.3 is 0 Å². The van der Waals surface area contributed by atoms with Gasteiger partial charge in [0, 0.05) is 25.6 Å². The Morgan fingerprint density at radius 3 is 2.83 bits per heavy atom. The lowest BCUT2D eigenvalue weighted by molar-refractivity contribution is -0.148. The summed E-state index contributed by atoms with van der Waals surface area (Å²) in [6.45, 7) is 2.05. The molecule has 2 fully saturated rings. The molecule has 0 aromatic heterocycles.